The van der Waals surface area contributed by atoms with Gasteiger partial charge in [-0.2, -0.15) is 4.31 Å². The maximum atomic E-state index is 13.1. The third-order valence-corrected chi connectivity index (χ3v) is 8.79. The maximum absolute atomic E-state index is 13.1. The summed E-state index contributed by atoms with van der Waals surface area (Å²) in [6.45, 7) is 4.57. The third-order valence-electron chi connectivity index (χ3n) is 5.87. The molecule has 0 aliphatic carbocycles. The van der Waals surface area contributed by atoms with Crippen molar-refractivity contribution < 1.29 is 8.42 Å². The number of rotatable bonds is 9. The smallest absolute Gasteiger partial charge is 0.244 e. The summed E-state index contributed by atoms with van der Waals surface area (Å²) in [4.78, 5) is 14.3. The minimum atomic E-state index is -3.53. The Morgan fingerprint density at radius 2 is 1.71 bits per heavy atom. The second-order valence-electron chi connectivity index (χ2n) is 8.70. The van der Waals surface area contributed by atoms with Crippen LogP contribution in [0, 0.1) is 0 Å². The molecule has 182 valence electrons. The van der Waals surface area contributed by atoms with Crippen LogP contribution in [-0.2, 0) is 16.6 Å². The van der Waals surface area contributed by atoms with Crippen LogP contribution in [0.2, 0.25) is 0 Å². The Labute approximate surface area is 210 Å². The van der Waals surface area contributed by atoms with Crippen LogP contribution in [0.4, 0.5) is 5.82 Å². The number of nitrogens with one attached hydrogen (secondary N) is 1. The number of para-hydroxylation sites is 1. The third kappa shape index (κ3) is 5.92. The van der Waals surface area contributed by atoms with Gasteiger partial charge in [0.15, 0.2) is 0 Å². The minimum absolute atomic E-state index is 0.311. The van der Waals surface area contributed by atoms with Crippen molar-refractivity contribution in [1.82, 2.24) is 24.1 Å². The van der Waals surface area contributed by atoms with E-state index in [1.54, 1.807) is 22.5 Å². The molecule has 4 rings (SSSR count). The first-order valence-corrected chi connectivity index (χ1v) is 13.7. The van der Waals surface area contributed by atoms with Crippen molar-refractivity contribution in [1.29, 1.82) is 0 Å². The Hall–Kier alpha value is -2.11. The Bertz CT molecular complexity index is 1230. The van der Waals surface area contributed by atoms with E-state index in [-0.39, 0.29) is 0 Å². The van der Waals surface area contributed by atoms with E-state index in [1.165, 1.54) is 0 Å². The highest BCUT2D eigenvalue weighted by molar-refractivity contribution is 9.10. The Balaban J connectivity index is 1.43. The van der Waals surface area contributed by atoms with Gasteiger partial charge in [-0.25, -0.2) is 18.4 Å². The van der Waals surface area contributed by atoms with Crippen LogP contribution in [-0.4, -0.2) is 85.9 Å². The van der Waals surface area contributed by atoms with Crippen LogP contribution in [0.15, 0.2) is 57.9 Å². The van der Waals surface area contributed by atoms with Gasteiger partial charge in [0.1, 0.15) is 11.6 Å². The summed E-state index contributed by atoms with van der Waals surface area (Å²) in [5.74, 6) is 1.60. The number of hydrogen-bond donors (Lipinski definition) is 1. The molecule has 1 N–H and O–H groups in total. The molecule has 3 aromatic rings. The van der Waals surface area contributed by atoms with E-state index in [0.717, 1.165) is 42.1 Å². The van der Waals surface area contributed by atoms with Gasteiger partial charge in [0, 0.05) is 42.6 Å². The van der Waals surface area contributed by atoms with Crippen molar-refractivity contribution >= 4 is 42.7 Å². The van der Waals surface area contributed by atoms with E-state index in [0.29, 0.717) is 42.1 Å². The van der Waals surface area contributed by atoms with Crippen molar-refractivity contribution in [3.8, 4) is 0 Å². The number of fused-ring (bicyclic) bond motifs is 1. The first-order chi connectivity index (χ1) is 16.3. The van der Waals surface area contributed by atoms with Crippen molar-refractivity contribution in [3.63, 3.8) is 0 Å². The largest absolute Gasteiger partial charge is 0.369 e. The van der Waals surface area contributed by atoms with Gasteiger partial charge in [0.2, 0.25) is 10.0 Å². The van der Waals surface area contributed by atoms with E-state index < -0.39 is 10.0 Å². The molecule has 0 spiro atoms. The lowest BCUT2D eigenvalue weighted by Crippen LogP contribution is -2.48. The monoisotopic (exact) mass is 546 g/mol. The highest BCUT2D eigenvalue weighted by Gasteiger charge is 2.30. The molecule has 1 saturated heterocycles. The lowest BCUT2D eigenvalue weighted by molar-refractivity contribution is 0.178. The topological polar surface area (TPSA) is 81.7 Å². The van der Waals surface area contributed by atoms with E-state index in [2.05, 4.69) is 45.1 Å². The standard InChI is InChI=1S/C24H31BrN6O2S/c1-29(2)13-7-12-26-24-19-8-3-5-10-21(19)27-23(28-24)18-30-14-16-31(17-15-30)34(32,33)22-11-6-4-9-20(22)25/h3-6,8-11H,7,12-18H2,1-2H3,(H,26,27,28). The van der Waals surface area contributed by atoms with E-state index >= 15 is 0 Å². The van der Waals surface area contributed by atoms with E-state index in [9.17, 15) is 8.42 Å². The average Bonchev–Trinajstić information content (AvgIpc) is 2.82. The SMILES string of the molecule is CN(C)CCCNc1nc(CN2CCN(S(=O)(=O)c3ccccc3Br)CC2)nc2ccccc12. The Morgan fingerprint density at radius 3 is 2.44 bits per heavy atom. The number of aromatic nitrogens is 2. The predicted molar refractivity (Wildman–Crippen MR) is 139 cm³/mol. The number of hydrogen-bond acceptors (Lipinski definition) is 7. The molecule has 1 aliphatic heterocycles. The number of piperazine rings is 1. The lowest BCUT2D eigenvalue weighted by Gasteiger charge is -2.33. The number of sulfonamides is 1. The minimum Gasteiger partial charge on any atom is -0.369 e. The van der Waals surface area contributed by atoms with Gasteiger partial charge in [0.05, 0.1) is 17.0 Å². The Kier molecular flexibility index (Phi) is 8.15. The van der Waals surface area contributed by atoms with Crippen LogP contribution < -0.4 is 5.32 Å². The highest BCUT2D eigenvalue weighted by Crippen LogP contribution is 2.26. The molecule has 34 heavy (non-hydrogen) atoms. The molecule has 0 radical (unpaired) electrons. The second-order valence-corrected chi connectivity index (χ2v) is 11.5. The van der Waals surface area contributed by atoms with Gasteiger partial charge in [-0.3, -0.25) is 4.90 Å². The van der Waals surface area contributed by atoms with E-state index in [1.807, 2.05) is 30.3 Å². The molecule has 2 aromatic carbocycles. The summed E-state index contributed by atoms with van der Waals surface area (Å²) in [7, 11) is 0.614. The average molecular weight is 548 g/mol. The van der Waals surface area contributed by atoms with Crippen LogP contribution in [0.1, 0.15) is 12.2 Å². The van der Waals surface area contributed by atoms with Gasteiger partial charge in [-0.1, -0.05) is 24.3 Å². The summed E-state index contributed by atoms with van der Waals surface area (Å²) in [5.41, 5.74) is 0.915. The van der Waals surface area contributed by atoms with Crippen LogP contribution in [0.5, 0.6) is 0 Å². The fourth-order valence-electron chi connectivity index (χ4n) is 4.05. The number of benzene rings is 2. The summed E-state index contributed by atoms with van der Waals surface area (Å²) >= 11 is 3.37. The zero-order valence-electron chi connectivity index (χ0n) is 19.6. The van der Waals surface area contributed by atoms with E-state index in [4.69, 9.17) is 9.97 Å². The molecule has 0 unspecified atom stereocenters. The zero-order valence-corrected chi connectivity index (χ0v) is 22.0. The summed E-state index contributed by atoms with van der Waals surface area (Å²) < 4.78 is 28.3. The van der Waals surface area contributed by atoms with Crippen molar-refractivity contribution in [2.75, 3.05) is 58.7 Å². The molecule has 1 aliphatic rings. The second kappa shape index (κ2) is 11.1. The quantitative estimate of drug-likeness (QED) is 0.412. The van der Waals surface area contributed by atoms with Crippen molar-refractivity contribution in [2.24, 2.45) is 0 Å². The number of anilines is 1. The molecular formula is C24H31BrN6O2S. The van der Waals surface area contributed by atoms with Crippen molar-refractivity contribution in [3.05, 3.63) is 58.8 Å². The molecule has 1 fully saturated rings. The molecule has 0 saturated carbocycles. The highest BCUT2D eigenvalue weighted by atomic mass is 79.9. The molecule has 1 aromatic heterocycles. The van der Waals surface area contributed by atoms with Gasteiger partial charge >= 0.3 is 0 Å². The summed E-state index contributed by atoms with van der Waals surface area (Å²) in [5, 5.41) is 4.50. The predicted octanol–water partition coefficient (Wildman–Crippen LogP) is 3.26. The molecule has 0 bridgehead atoms. The molecule has 2 heterocycles. The van der Waals surface area contributed by atoms with Gasteiger partial charge < -0.3 is 10.2 Å². The fourth-order valence-corrected chi connectivity index (χ4v) is 6.44. The fraction of sp³-hybridized carbons (Fsp3) is 0.417. The van der Waals surface area contributed by atoms with Crippen LogP contribution in [0.25, 0.3) is 10.9 Å². The van der Waals surface area contributed by atoms with Crippen molar-refractivity contribution in [2.45, 2.75) is 17.9 Å². The molecule has 10 heteroatoms. The summed E-state index contributed by atoms with van der Waals surface area (Å²) in [6, 6.07) is 15.0. The maximum Gasteiger partial charge on any atom is 0.244 e. The van der Waals surface area contributed by atoms with Gasteiger partial charge in [0.25, 0.3) is 0 Å². The zero-order chi connectivity index (χ0) is 24.1. The number of nitrogens with zero attached hydrogens (tertiary/aromatic N) is 5. The molecule has 8 nitrogen and oxygen atoms in total. The molecule has 0 amide bonds. The van der Waals surface area contributed by atoms with Gasteiger partial charge in [-0.15, -0.1) is 0 Å². The lowest BCUT2D eigenvalue weighted by atomic mass is 10.2. The van der Waals surface area contributed by atoms with Crippen LogP contribution >= 0.6 is 15.9 Å². The Morgan fingerprint density at radius 1 is 1.00 bits per heavy atom. The number of halogens is 1. The normalized spacial score (nSPS) is 15.8. The first kappa shape index (κ1) is 25.0. The van der Waals surface area contributed by atoms with Crippen LogP contribution in [0.3, 0.4) is 0 Å². The van der Waals surface area contributed by atoms with Gasteiger partial charge in [-0.05, 0) is 67.3 Å². The molecule has 0 atom stereocenters. The first-order valence-electron chi connectivity index (χ1n) is 11.5. The summed E-state index contributed by atoms with van der Waals surface area (Å²) in [6.07, 6.45) is 1.02. The molecular weight excluding hydrogens is 516 g/mol.